The predicted molar refractivity (Wildman–Crippen MR) is 94.7 cm³/mol. The van der Waals surface area contributed by atoms with Crippen molar-refractivity contribution < 1.29 is 21.6 Å². The maximum absolute atomic E-state index is 13.4. The molecule has 0 atom stereocenters. The number of nitrogens with one attached hydrogen (secondary N) is 1. The Morgan fingerprint density at radius 3 is 2.20 bits per heavy atom. The van der Waals surface area contributed by atoms with Crippen molar-refractivity contribution in [2.24, 2.45) is 0 Å². The van der Waals surface area contributed by atoms with Crippen LogP contribution in [0.5, 0.6) is 0 Å². The van der Waals surface area contributed by atoms with Crippen LogP contribution in [0.3, 0.4) is 0 Å². The third kappa shape index (κ3) is 4.83. The van der Waals surface area contributed by atoms with Gasteiger partial charge in [0, 0.05) is 15.8 Å². The summed E-state index contributed by atoms with van der Waals surface area (Å²) in [6.45, 7) is 3.35. The fraction of sp³-hybridized carbons (Fsp3) is 0.250. The van der Waals surface area contributed by atoms with Crippen molar-refractivity contribution in [2.75, 3.05) is 4.72 Å². The number of thioether (sulfide) groups is 1. The van der Waals surface area contributed by atoms with Crippen molar-refractivity contribution >= 4 is 39.1 Å². The summed E-state index contributed by atoms with van der Waals surface area (Å²) in [6.07, 6.45) is -4.77. The van der Waals surface area contributed by atoms with Crippen molar-refractivity contribution in [3.63, 3.8) is 0 Å². The van der Waals surface area contributed by atoms with Crippen LogP contribution in [0, 0.1) is 0 Å². The fourth-order valence-electron chi connectivity index (χ4n) is 2.08. The van der Waals surface area contributed by atoms with E-state index in [1.807, 2.05) is 0 Å². The number of rotatable bonds is 5. The van der Waals surface area contributed by atoms with Gasteiger partial charge >= 0.3 is 6.18 Å². The Labute approximate surface area is 153 Å². The highest BCUT2D eigenvalue weighted by Gasteiger charge is 2.39. The maximum Gasteiger partial charge on any atom is 0.418 e. The van der Waals surface area contributed by atoms with E-state index in [4.69, 9.17) is 11.6 Å². The first-order valence-corrected chi connectivity index (χ1v) is 9.90. The van der Waals surface area contributed by atoms with Crippen molar-refractivity contribution in [1.82, 2.24) is 0 Å². The van der Waals surface area contributed by atoms with Crippen LogP contribution in [0.4, 0.5) is 18.9 Å². The second-order valence-corrected chi connectivity index (χ2v) is 9.03. The second kappa shape index (κ2) is 7.47. The number of hydrogen-bond acceptors (Lipinski definition) is 3. The lowest BCUT2D eigenvalue weighted by Crippen LogP contribution is -2.17. The molecule has 136 valence electrons. The Hall–Kier alpha value is -1.38. The average molecular weight is 410 g/mol. The number of anilines is 1. The van der Waals surface area contributed by atoms with Gasteiger partial charge in [-0.2, -0.15) is 13.2 Å². The van der Waals surface area contributed by atoms with Gasteiger partial charge in [0.15, 0.2) is 0 Å². The monoisotopic (exact) mass is 409 g/mol. The SMILES string of the molecule is CC(C)Sc1c(S(=O)(=O)Nc2ccccc2)ccc(Cl)c1C(F)(F)F. The van der Waals surface area contributed by atoms with E-state index in [2.05, 4.69) is 4.72 Å². The zero-order valence-electron chi connectivity index (χ0n) is 13.3. The zero-order chi connectivity index (χ0) is 18.8. The minimum atomic E-state index is -4.77. The molecule has 0 saturated carbocycles. The van der Waals surface area contributed by atoms with E-state index >= 15 is 0 Å². The Balaban J connectivity index is 2.64. The smallest absolute Gasteiger partial charge is 0.280 e. The Morgan fingerprint density at radius 2 is 1.68 bits per heavy atom. The summed E-state index contributed by atoms with van der Waals surface area (Å²) in [5.74, 6) is 0. The van der Waals surface area contributed by atoms with Gasteiger partial charge in [-0.3, -0.25) is 4.72 Å². The molecule has 9 heteroatoms. The van der Waals surface area contributed by atoms with Crippen molar-refractivity contribution in [3.05, 3.63) is 53.1 Å². The van der Waals surface area contributed by atoms with Gasteiger partial charge in [-0.15, -0.1) is 11.8 Å². The molecule has 0 aliphatic rings. The Kier molecular flexibility index (Phi) is 5.96. The molecule has 2 aromatic carbocycles. The minimum Gasteiger partial charge on any atom is -0.280 e. The summed E-state index contributed by atoms with van der Waals surface area (Å²) in [5.41, 5.74) is -0.879. The molecule has 0 saturated heterocycles. The van der Waals surface area contributed by atoms with E-state index in [1.165, 1.54) is 12.1 Å². The quantitative estimate of drug-likeness (QED) is 0.648. The van der Waals surface area contributed by atoms with Crippen LogP contribution in [0.2, 0.25) is 5.02 Å². The summed E-state index contributed by atoms with van der Waals surface area (Å²) in [5, 5.41) is -0.806. The Morgan fingerprint density at radius 1 is 1.08 bits per heavy atom. The predicted octanol–water partition coefficient (Wildman–Crippen LogP) is 5.66. The molecule has 3 nitrogen and oxygen atoms in total. The van der Waals surface area contributed by atoms with Crippen LogP contribution >= 0.6 is 23.4 Å². The highest BCUT2D eigenvalue weighted by Crippen LogP contribution is 2.45. The van der Waals surface area contributed by atoms with Crippen molar-refractivity contribution in [3.8, 4) is 0 Å². The molecule has 0 spiro atoms. The number of halogens is 4. The van der Waals surface area contributed by atoms with Gasteiger partial charge < -0.3 is 0 Å². The first-order valence-electron chi connectivity index (χ1n) is 7.16. The molecule has 0 aromatic heterocycles. The molecule has 0 amide bonds. The van der Waals surface area contributed by atoms with Crippen LogP contribution in [0.25, 0.3) is 0 Å². The molecule has 0 radical (unpaired) electrons. The first kappa shape index (κ1) is 19.9. The summed E-state index contributed by atoms with van der Waals surface area (Å²) >= 11 is 6.54. The molecule has 0 aliphatic heterocycles. The third-order valence-electron chi connectivity index (χ3n) is 3.02. The van der Waals surface area contributed by atoms with E-state index in [1.54, 1.807) is 32.0 Å². The van der Waals surface area contributed by atoms with Gasteiger partial charge in [0.25, 0.3) is 10.0 Å². The molecule has 0 aliphatic carbocycles. The highest BCUT2D eigenvalue weighted by atomic mass is 35.5. The highest BCUT2D eigenvalue weighted by molar-refractivity contribution is 8.01. The van der Waals surface area contributed by atoms with Crippen LogP contribution in [0.15, 0.2) is 52.3 Å². The van der Waals surface area contributed by atoms with Gasteiger partial charge in [0.05, 0.1) is 10.6 Å². The van der Waals surface area contributed by atoms with Crippen LogP contribution in [-0.2, 0) is 16.2 Å². The molecule has 0 unspecified atom stereocenters. The molecule has 2 aromatic rings. The van der Waals surface area contributed by atoms with Crippen LogP contribution in [0.1, 0.15) is 19.4 Å². The zero-order valence-corrected chi connectivity index (χ0v) is 15.7. The summed E-state index contributed by atoms with van der Waals surface area (Å²) in [6, 6.07) is 9.99. The average Bonchev–Trinajstić information content (AvgIpc) is 2.45. The van der Waals surface area contributed by atoms with Gasteiger partial charge in [-0.1, -0.05) is 43.6 Å². The summed E-state index contributed by atoms with van der Waals surface area (Å²) in [7, 11) is -4.22. The number of alkyl halides is 3. The second-order valence-electron chi connectivity index (χ2n) is 5.39. The Bertz CT molecular complexity index is 854. The molecular formula is C16H15ClF3NO2S2. The molecule has 1 N–H and O–H groups in total. The molecule has 0 fully saturated rings. The summed E-state index contributed by atoms with van der Waals surface area (Å²) in [4.78, 5) is -0.856. The molecule has 2 rings (SSSR count). The molecular weight excluding hydrogens is 395 g/mol. The van der Waals surface area contributed by atoms with E-state index in [9.17, 15) is 21.6 Å². The molecule has 0 heterocycles. The van der Waals surface area contributed by atoms with Crippen molar-refractivity contribution in [1.29, 1.82) is 0 Å². The van der Waals surface area contributed by atoms with Crippen LogP contribution < -0.4 is 4.72 Å². The maximum atomic E-state index is 13.4. The fourth-order valence-corrected chi connectivity index (χ4v) is 5.03. The topological polar surface area (TPSA) is 46.2 Å². The standard InChI is InChI=1S/C16H15ClF3NO2S2/c1-10(2)24-15-13(9-8-12(17)14(15)16(18,19)20)25(22,23)21-11-6-4-3-5-7-11/h3-10,21H,1-2H3. The van der Waals surface area contributed by atoms with Gasteiger partial charge in [0.1, 0.15) is 4.90 Å². The van der Waals surface area contributed by atoms with E-state index in [-0.39, 0.29) is 10.9 Å². The van der Waals surface area contributed by atoms with E-state index in [0.29, 0.717) is 0 Å². The van der Waals surface area contributed by atoms with Gasteiger partial charge in [-0.25, -0.2) is 8.42 Å². The van der Waals surface area contributed by atoms with E-state index < -0.39 is 36.6 Å². The normalized spacial score (nSPS) is 12.4. The van der Waals surface area contributed by atoms with Gasteiger partial charge in [0.2, 0.25) is 0 Å². The van der Waals surface area contributed by atoms with Crippen LogP contribution in [-0.4, -0.2) is 13.7 Å². The number of benzene rings is 2. The minimum absolute atomic E-state index is 0.256. The largest absolute Gasteiger partial charge is 0.418 e. The number of sulfonamides is 1. The van der Waals surface area contributed by atoms with Gasteiger partial charge in [-0.05, 0) is 24.3 Å². The lowest BCUT2D eigenvalue weighted by molar-refractivity contribution is -0.139. The lowest BCUT2D eigenvalue weighted by atomic mass is 10.2. The number of para-hydroxylation sites is 1. The molecule has 0 bridgehead atoms. The molecule has 25 heavy (non-hydrogen) atoms. The first-order chi connectivity index (χ1) is 11.5. The van der Waals surface area contributed by atoms with Crippen molar-refractivity contribution in [2.45, 2.75) is 35.1 Å². The lowest BCUT2D eigenvalue weighted by Gasteiger charge is -2.19. The van der Waals surface area contributed by atoms with E-state index in [0.717, 1.165) is 23.9 Å². The summed E-state index contributed by atoms with van der Waals surface area (Å²) < 4.78 is 67.9. The third-order valence-corrected chi connectivity index (χ3v) is 6.02. The number of hydrogen-bond donors (Lipinski definition) is 1.